The number of hydrogen-bond donors (Lipinski definition) is 1. The fourth-order valence-corrected chi connectivity index (χ4v) is 4.64. The van der Waals surface area contributed by atoms with Gasteiger partial charge in [0.2, 0.25) is 0 Å². The molecule has 0 unspecified atom stereocenters. The first-order chi connectivity index (χ1) is 12.4. The van der Waals surface area contributed by atoms with E-state index in [1.165, 1.54) is 6.07 Å². The molecule has 1 fully saturated rings. The molecule has 140 valence electrons. The maximum Gasteiger partial charge on any atom is 0.263 e. The number of likely N-dealkylation sites (N-methyl/N-ethyl adjacent to an activating group) is 1. The van der Waals surface area contributed by atoms with Gasteiger partial charge in [-0.1, -0.05) is 30.7 Å². The Hall–Kier alpha value is -1.83. The number of sulfonamides is 1. The molecule has 8 heteroatoms. The van der Waals surface area contributed by atoms with Gasteiger partial charge in [-0.2, -0.15) is 0 Å². The molecular formula is C18H21ClFN3O2S. The highest BCUT2D eigenvalue weighted by Gasteiger charge is 2.23. The second kappa shape index (κ2) is 7.82. The lowest BCUT2D eigenvalue weighted by molar-refractivity contribution is 0.271. The molecule has 0 saturated carbocycles. The normalized spacial score (nSPS) is 15.9. The fourth-order valence-electron chi connectivity index (χ4n) is 3.03. The Morgan fingerprint density at radius 2 is 1.81 bits per heavy atom. The zero-order valence-electron chi connectivity index (χ0n) is 14.5. The summed E-state index contributed by atoms with van der Waals surface area (Å²) in [5.74, 6) is -0.580. The van der Waals surface area contributed by atoms with Crippen LogP contribution in [0.2, 0.25) is 5.02 Å². The quantitative estimate of drug-likeness (QED) is 0.839. The molecule has 0 amide bonds. The van der Waals surface area contributed by atoms with Crippen LogP contribution < -0.4 is 9.62 Å². The summed E-state index contributed by atoms with van der Waals surface area (Å²) >= 11 is 5.93. The minimum atomic E-state index is -3.92. The van der Waals surface area contributed by atoms with E-state index in [0.29, 0.717) is 5.69 Å². The van der Waals surface area contributed by atoms with Gasteiger partial charge in [-0.05, 0) is 36.9 Å². The van der Waals surface area contributed by atoms with Gasteiger partial charge >= 0.3 is 0 Å². The van der Waals surface area contributed by atoms with Crippen molar-refractivity contribution in [3.05, 3.63) is 53.3 Å². The summed E-state index contributed by atoms with van der Waals surface area (Å²) in [6.45, 7) is 6.64. The molecule has 5 nitrogen and oxygen atoms in total. The van der Waals surface area contributed by atoms with Crippen LogP contribution in [-0.2, 0) is 10.0 Å². The van der Waals surface area contributed by atoms with Crippen molar-refractivity contribution in [2.45, 2.75) is 11.8 Å². The molecular weight excluding hydrogens is 377 g/mol. The molecule has 0 radical (unpaired) electrons. The first-order valence-corrected chi connectivity index (χ1v) is 10.3. The van der Waals surface area contributed by atoms with Crippen molar-refractivity contribution in [1.82, 2.24) is 4.90 Å². The minimum absolute atomic E-state index is 0.147. The lowest BCUT2D eigenvalue weighted by atomic mass is 10.2. The molecule has 3 rings (SSSR count). The summed E-state index contributed by atoms with van der Waals surface area (Å²) in [4.78, 5) is 4.36. The molecule has 1 saturated heterocycles. The number of piperazine rings is 1. The summed E-state index contributed by atoms with van der Waals surface area (Å²) in [5, 5.41) is -0.147. The van der Waals surface area contributed by atoms with Crippen molar-refractivity contribution >= 4 is 33.0 Å². The molecule has 1 N–H and O–H groups in total. The summed E-state index contributed by atoms with van der Waals surface area (Å²) in [6.07, 6.45) is 0. The van der Waals surface area contributed by atoms with Crippen LogP contribution in [-0.4, -0.2) is 46.0 Å². The Bertz CT molecular complexity index is 884. The topological polar surface area (TPSA) is 52.6 Å². The molecule has 0 aromatic heterocycles. The molecule has 0 bridgehead atoms. The van der Waals surface area contributed by atoms with E-state index in [-0.39, 0.29) is 9.92 Å². The Morgan fingerprint density at radius 1 is 1.12 bits per heavy atom. The molecule has 1 aliphatic heterocycles. The number of nitrogens with one attached hydrogen (secondary N) is 1. The van der Waals surface area contributed by atoms with Crippen LogP contribution in [0, 0.1) is 5.82 Å². The maximum atomic E-state index is 13.2. The van der Waals surface area contributed by atoms with E-state index in [2.05, 4.69) is 21.4 Å². The van der Waals surface area contributed by atoms with Gasteiger partial charge in [0.1, 0.15) is 10.7 Å². The SMILES string of the molecule is CCN1CCN(c2ccccc2NS(=O)(=O)c2ccc(F)cc2Cl)CC1. The predicted octanol–water partition coefficient (Wildman–Crippen LogP) is 3.42. The van der Waals surface area contributed by atoms with Crippen molar-refractivity contribution in [2.24, 2.45) is 0 Å². The van der Waals surface area contributed by atoms with Gasteiger partial charge in [0, 0.05) is 26.2 Å². The van der Waals surface area contributed by atoms with Gasteiger partial charge in [0.05, 0.1) is 16.4 Å². The summed E-state index contributed by atoms with van der Waals surface area (Å²) in [7, 11) is -3.92. The van der Waals surface area contributed by atoms with Crippen LogP contribution in [0.5, 0.6) is 0 Å². The Balaban J connectivity index is 1.86. The van der Waals surface area contributed by atoms with E-state index in [4.69, 9.17) is 11.6 Å². The summed E-state index contributed by atoms with van der Waals surface area (Å²) < 4.78 is 41.3. The molecule has 2 aromatic rings. The zero-order valence-corrected chi connectivity index (χ0v) is 16.0. The van der Waals surface area contributed by atoms with Crippen LogP contribution in [0.3, 0.4) is 0 Å². The van der Waals surface area contributed by atoms with Crippen molar-refractivity contribution in [3.63, 3.8) is 0 Å². The first kappa shape index (κ1) is 18.9. The lowest BCUT2D eigenvalue weighted by Gasteiger charge is -2.36. The number of halogens is 2. The van der Waals surface area contributed by atoms with Gasteiger partial charge in [0.15, 0.2) is 0 Å². The zero-order chi connectivity index (χ0) is 18.7. The average molecular weight is 398 g/mol. The van der Waals surface area contributed by atoms with E-state index in [1.807, 2.05) is 12.1 Å². The monoisotopic (exact) mass is 397 g/mol. The second-order valence-electron chi connectivity index (χ2n) is 6.12. The number of nitrogens with zero attached hydrogens (tertiary/aromatic N) is 2. The van der Waals surface area contributed by atoms with Gasteiger partial charge in [0.25, 0.3) is 10.0 Å². The second-order valence-corrected chi connectivity index (χ2v) is 8.18. The van der Waals surface area contributed by atoms with Crippen LogP contribution in [0.25, 0.3) is 0 Å². The van der Waals surface area contributed by atoms with Crippen molar-refractivity contribution in [3.8, 4) is 0 Å². The van der Waals surface area contributed by atoms with Crippen LogP contribution >= 0.6 is 11.6 Å². The Kier molecular flexibility index (Phi) is 5.70. The van der Waals surface area contributed by atoms with Crippen molar-refractivity contribution in [2.75, 3.05) is 42.3 Å². The molecule has 2 aromatic carbocycles. The third kappa shape index (κ3) is 4.11. The highest BCUT2D eigenvalue weighted by atomic mass is 35.5. The fraction of sp³-hybridized carbons (Fsp3) is 0.333. The van der Waals surface area contributed by atoms with Crippen LogP contribution in [0.1, 0.15) is 6.92 Å². The Labute approximate surface area is 158 Å². The van der Waals surface area contributed by atoms with Gasteiger partial charge in [-0.3, -0.25) is 4.72 Å². The van der Waals surface area contributed by atoms with E-state index in [1.54, 1.807) is 12.1 Å². The van der Waals surface area contributed by atoms with E-state index in [0.717, 1.165) is 50.5 Å². The molecule has 0 atom stereocenters. The third-order valence-corrected chi connectivity index (χ3v) is 6.34. The van der Waals surface area contributed by atoms with E-state index < -0.39 is 15.8 Å². The predicted molar refractivity (Wildman–Crippen MR) is 103 cm³/mol. The third-order valence-electron chi connectivity index (χ3n) is 4.49. The molecule has 0 spiro atoms. The van der Waals surface area contributed by atoms with E-state index in [9.17, 15) is 12.8 Å². The largest absolute Gasteiger partial charge is 0.367 e. The number of hydrogen-bond acceptors (Lipinski definition) is 4. The maximum absolute atomic E-state index is 13.2. The highest BCUT2D eigenvalue weighted by Crippen LogP contribution is 2.30. The summed E-state index contributed by atoms with van der Waals surface area (Å²) in [5.41, 5.74) is 1.31. The van der Waals surface area contributed by atoms with Gasteiger partial charge in [-0.15, -0.1) is 0 Å². The van der Waals surface area contributed by atoms with E-state index >= 15 is 0 Å². The smallest absolute Gasteiger partial charge is 0.263 e. The number of rotatable bonds is 5. The van der Waals surface area contributed by atoms with Crippen LogP contribution in [0.4, 0.5) is 15.8 Å². The molecule has 1 aliphatic rings. The lowest BCUT2D eigenvalue weighted by Crippen LogP contribution is -2.46. The first-order valence-electron chi connectivity index (χ1n) is 8.45. The van der Waals surface area contributed by atoms with Gasteiger partial charge < -0.3 is 9.80 Å². The minimum Gasteiger partial charge on any atom is -0.367 e. The van der Waals surface area contributed by atoms with Gasteiger partial charge in [-0.25, -0.2) is 12.8 Å². The molecule has 26 heavy (non-hydrogen) atoms. The van der Waals surface area contributed by atoms with Crippen molar-refractivity contribution < 1.29 is 12.8 Å². The van der Waals surface area contributed by atoms with Crippen molar-refractivity contribution in [1.29, 1.82) is 0 Å². The molecule has 1 heterocycles. The molecule has 0 aliphatic carbocycles. The number of anilines is 2. The number of benzene rings is 2. The Morgan fingerprint density at radius 3 is 2.46 bits per heavy atom. The average Bonchev–Trinajstić information content (AvgIpc) is 2.61. The standard InChI is InChI=1S/C18H21ClFN3O2S/c1-2-22-9-11-23(12-10-22)17-6-4-3-5-16(17)21-26(24,25)18-8-7-14(20)13-15(18)19/h3-8,13,21H,2,9-12H2,1H3. The highest BCUT2D eigenvalue weighted by molar-refractivity contribution is 7.92. The van der Waals surface area contributed by atoms with Crippen LogP contribution in [0.15, 0.2) is 47.4 Å². The summed E-state index contributed by atoms with van der Waals surface area (Å²) in [6, 6.07) is 10.5. The number of para-hydroxylation sites is 2.